The Morgan fingerprint density at radius 1 is 1.00 bits per heavy atom. The van der Waals surface area contributed by atoms with E-state index in [1.807, 2.05) is 24.5 Å². The smallest absolute Gasteiger partial charge is 0.0718 e. The summed E-state index contributed by atoms with van der Waals surface area (Å²) in [7, 11) is 0. The molecule has 0 aliphatic rings. The first-order valence-corrected chi connectivity index (χ1v) is 6.37. The first-order chi connectivity index (χ1) is 9.34. The van der Waals surface area contributed by atoms with Gasteiger partial charge < -0.3 is 5.32 Å². The highest BCUT2D eigenvalue weighted by molar-refractivity contribution is 6.33. The van der Waals surface area contributed by atoms with Gasteiger partial charge in [0.25, 0.3) is 0 Å². The molecule has 0 aliphatic carbocycles. The molecule has 0 saturated heterocycles. The number of halogens is 1. The van der Waals surface area contributed by atoms with Gasteiger partial charge in [-0.2, -0.15) is 0 Å². The topological polar surface area (TPSA) is 37.8 Å². The Morgan fingerprint density at radius 3 is 2.74 bits per heavy atom. The van der Waals surface area contributed by atoms with Crippen LogP contribution < -0.4 is 5.32 Å². The number of rotatable bonds is 3. The summed E-state index contributed by atoms with van der Waals surface area (Å²) in [5.74, 6) is 0. The number of benzene rings is 1. The van der Waals surface area contributed by atoms with Crippen LogP contribution in [0.1, 0.15) is 5.56 Å². The number of hydrogen-bond acceptors (Lipinski definition) is 3. The highest BCUT2D eigenvalue weighted by Gasteiger charge is 2.02. The van der Waals surface area contributed by atoms with Crippen LogP contribution in [0.3, 0.4) is 0 Å². The molecule has 0 fully saturated rings. The Balaban J connectivity index is 1.88. The fourth-order valence-corrected chi connectivity index (χ4v) is 2.21. The van der Waals surface area contributed by atoms with E-state index in [2.05, 4.69) is 27.4 Å². The lowest BCUT2D eigenvalue weighted by atomic mass is 10.1. The lowest BCUT2D eigenvalue weighted by Crippen LogP contribution is -2.01. The van der Waals surface area contributed by atoms with Crippen LogP contribution in [0.4, 0.5) is 5.69 Å². The Hall–Kier alpha value is -2.13. The standard InChI is InChI=1S/C15H12ClN3/c16-14-5-7-18-10-15(14)19-9-12-3-1-2-11-8-17-6-4-13(11)12/h1-8,10,19H,9H2. The maximum atomic E-state index is 6.10. The van der Waals surface area contributed by atoms with E-state index in [1.165, 1.54) is 10.9 Å². The van der Waals surface area contributed by atoms with Crippen LogP contribution in [0.15, 0.2) is 55.1 Å². The summed E-state index contributed by atoms with van der Waals surface area (Å²) in [5, 5.41) is 6.32. The third-order valence-electron chi connectivity index (χ3n) is 3.01. The number of anilines is 1. The third-order valence-corrected chi connectivity index (χ3v) is 3.34. The molecule has 0 unspecified atom stereocenters. The van der Waals surface area contributed by atoms with Crippen molar-refractivity contribution in [1.82, 2.24) is 9.97 Å². The number of fused-ring (bicyclic) bond motifs is 1. The molecule has 0 spiro atoms. The number of nitrogens with zero attached hydrogens (tertiary/aromatic N) is 2. The summed E-state index contributed by atoms with van der Waals surface area (Å²) in [6, 6.07) is 9.99. The molecule has 2 heterocycles. The highest BCUT2D eigenvalue weighted by atomic mass is 35.5. The van der Waals surface area contributed by atoms with Crippen molar-refractivity contribution >= 4 is 28.1 Å². The molecule has 0 amide bonds. The number of pyridine rings is 2. The monoisotopic (exact) mass is 269 g/mol. The zero-order valence-electron chi connectivity index (χ0n) is 10.2. The number of hydrogen-bond donors (Lipinski definition) is 1. The molecule has 19 heavy (non-hydrogen) atoms. The molecular weight excluding hydrogens is 258 g/mol. The largest absolute Gasteiger partial charge is 0.378 e. The fourth-order valence-electron chi connectivity index (χ4n) is 2.04. The van der Waals surface area contributed by atoms with Gasteiger partial charge >= 0.3 is 0 Å². The van der Waals surface area contributed by atoms with Crippen molar-refractivity contribution in [3.63, 3.8) is 0 Å². The second-order valence-corrected chi connectivity index (χ2v) is 4.63. The second-order valence-electron chi connectivity index (χ2n) is 4.22. The quantitative estimate of drug-likeness (QED) is 0.784. The van der Waals surface area contributed by atoms with Crippen molar-refractivity contribution < 1.29 is 0 Å². The zero-order valence-corrected chi connectivity index (χ0v) is 10.9. The molecule has 1 N–H and O–H groups in total. The zero-order chi connectivity index (χ0) is 13.1. The maximum absolute atomic E-state index is 6.10. The van der Waals surface area contributed by atoms with Crippen molar-refractivity contribution in [2.24, 2.45) is 0 Å². The van der Waals surface area contributed by atoms with E-state index in [0.717, 1.165) is 11.1 Å². The van der Waals surface area contributed by atoms with E-state index in [1.54, 1.807) is 18.5 Å². The van der Waals surface area contributed by atoms with Crippen molar-refractivity contribution in [2.45, 2.75) is 6.54 Å². The molecule has 0 bridgehead atoms. The predicted octanol–water partition coefficient (Wildman–Crippen LogP) is 3.90. The molecule has 0 radical (unpaired) electrons. The Labute approximate surface area is 116 Å². The van der Waals surface area contributed by atoms with Gasteiger partial charge in [0.05, 0.1) is 16.9 Å². The first kappa shape index (κ1) is 11.9. The molecule has 2 aromatic heterocycles. The van der Waals surface area contributed by atoms with Gasteiger partial charge in [-0.1, -0.05) is 29.8 Å². The summed E-state index contributed by atoms with van der Waals surface area (Å²) in [6.07, 6.45) is 7.09. The molecular formula is C15H12ClN3. The van der Waals surface area contributed by atoms with Gasteiger partial charge in [0.2, 0.25) is 0 Å². The van der Waals surface area contributed by atoms with E-state index >= 15 is 0 Å². The van der Waals surface area contributed by atoms with Crippen molar-refractivity contribution in [1.29, 1.82) is 0 Å². The summed E-state index contributed by atoms with van der Waals surface area (Å²) in [4.78, 5) is 8.20. The molecule has 3 nitrogen and oxygen atoms in total. The van der Waals surface area contributed by atoms with Gasteiger partial charge in [-0.05, 0) is 23.1 Å². The van der Waals surface area contributed by atoms with Crippen LogP contribution in [0, 0.1) is 0 Å². The Kier molecular flexibility index (Phi) is 3.29. The van der Waals surface area contributed by atoms with Crippen LogP contribution in [0.25, 0.3) is 10.8 Å². The predicted molar refractivity (Wildman–Crippen MR) is 78.3 cm³/mol. The maximum Gasteiger partial charge on any atom is 0.0718 e. The Morgan fingerprint density at radius 2 is 1.84 bits per heavy atom. The van der Waals surface area contributed by atoms with Crippen LogP contribution in [-0.2, 0) is 6.54 Å². The molecule has 0 saturated carbocycles. The van der Waals surface area contributed by atoms with Gasteiger partial charge in [-0.15, -0.1) is 0 Å². The molecule has 1 aromatic carbocycles. The second kappa shape index (κ2) is 5.24. The molecule has 0 atom stereocenters. The van der Waals surface area contributed by atoms with Crippen LogP contribution in [-0.4, -0.2) is 9.97 Å². The summed E-state index contributed by atoms with van der Waals surface area (Å²) in [6.45, 7) is 0.701. The normalized spacial score (nSPS) is 10.6. The van der Waals surface area contributed by atoms with Crippen molar-refractivity contribution in [3.05, 3.63) is 65.7 Å². The first-order valence-electron chi connectivity index (χ1n) is 5.99. The molecule has 3 rings (SSSR count). The van der Waals surface area contributed by atoms with E-state index in [-0.39, 0.29) is 0 Å². The summed E-state index contributed by atoms with van der Waals surface area (Å²) in [5.41, 5.74) is 2.05. The number of aromatic nitrogens is 2. The number of nitrogens with one attached hydrogen (secondary N) is 1. The van der Waals surface area contributed by atoms with Gasteiger partial charge in [-0.25, -0.2) is 0 Å². The van der Waals surface area contributed by atoms with Crippen LogP contribution >= 0.6 is 11.6 Å². The van der Waals surface area contributed by atoms with Crippen LogP contribution in [0.2, 0.25) is 5.02 Å². The Bertz CT molecular complexity index is 707. The molecule has 94 valence electrons. The average molecular weight is 270 g/mol. The van der Waals surface area contributed by atoms with Crippen LogP contribution in [0.5, 0.6) is 0 Å². The van der Waals surface area contributed by atoms with Crippen molar-refractivity contribution in [2.75, 3.05) is 5.32 Å². The average Bonchev–Trinajstić information content (AvgIpc) is 2.46. The van der Waals surface area contributed by atoms with E-state index < -0.39 is 0 Å². The minimum atomic E-state index is 0.678. The van der Waals surface area contributed by atoms with Gasteiger partial charge in [0.1, 0.15) is 0 Å². The lowest BCUT2D eigenvalue weighted by molar-refractivity contribution is 1.15. The minimum absolute atomic E-state index is 0.678. The van der Waals surface area contributed by atoms with E-state index in [4.69, 9.17) is 11.6 Å². The minimum Gasteiger partial charge on any atom is -0.378 e. The fraction of sp³-hybridized carbons (Fsp3) is 0.0667. The van der Waals surface area contributed by atoms with E-state index in [0.29, 0.717) is 11.6 Å². The van der Waals surface area contributed by atoms with Gasteiger partial charge in [0.15, 0.2) is 0 Å². The van der Waals surface area contributed by atoms with E-state index in [9.17, 15) is 0 Å². The lowest BCUT2D eigenvalue weighted by Gasteiger charge is -2.10. The SMILES string of the molecule is Clc1ccncc1NCc1cccc2cnccc12. The summed E-state index contributed by atoms with van der Waals surface area (Å²) < 4.78 is 0. The van der Waals surface area contributed by atoms with Gasteiger partial charge in [-0.3, -0.25) is 9.97 Å². The van der Waals surface area contributed by atoms with Gasteiger partial charge in [0, 0.05) is 30.5 Å². The molecule has 0 aliphatic heterocycles. The highest BCUT2D eigenvalue weighted by Crippen LogP contribution is 2.22. The third kappa shape index (κ3) is 2.51. The summed E-state index contributed by atoms with van der Waals surface area (Å²) >= 11 is 6.10. The molecule has 4 heteroatoms. The molecule has 3 aromatic rings. The van der Waals surface area contributed by atoms with Crippen molar-refractivity contribution in [3.8, 4) is 0 Å².